The summed E-state index contributed by atoms with van der Waals surface area (Å²) in [5.74, 6) is 0.803. The number of hydrogen-bond donors (Lipinski definition) is 1. The number of carbonyl (C=O) groups excluding carboxylic acids is 2. The number of hydrogen-bond acceptors (Lipinski definition) is 5. The molecule has 0 aliphatic rings. The first kappa shape index (κ1) is 19.5. The molecule has 0 atom stereocenters. The molecule has 0 aromatic heterocycles. The van der Waals surface area contributed by atoms with Crippen LogP contribution in [-0.2, 0) is 14.3 Å². The minimum Gasteiger partial charge on any atom is -0.493 e. The molecule has 0 heterocycles. The lowest BCUT2D eigenvalue weighted by molar-refractivity contribution is -0.143. The predicted octanol–water partition coefficient (Wildman–Crippen LogP) is 2.42. The van der Waals surface area contributed by atoms with Crippen molar-refractivity contribution in [2.75, 3.05) is 27.4 Å². The zero-order chi connectivity index (χ0) is 17.9. The first-order chi connectivity index (χ1) is 11.5. The van der Waals surface area contributed by atoms with Crippen molar-refractivity contribution in [3.8, 4) is 11.5 Å². The smallest absolute Gasteiger partial charge is 0.331 e. The Morgan fingerprint density at radius 3 is 2.50 bits per heavy atom. The first-order valence-corrected chi connectivity index (χ1v) is 7.79. The lowest BCUT2D eigenvalue weighted by Gasteiger charge is -2.08. The monoisotopic (exact) mass is 335 g/mol. The van der Waals surface area contributed by atoms with Crippen LogP contribution in [0.2, 0.25) is 0 Å². The fraction of sp³-hybridized carbons (Fsp3) is 0.444. The molecule has 0 spiro atoms. The Morgan fingerprint density at radius 2 is 1.88 bits per heavy atom. The molecular weight excluding hydrogens is 310 g/mol. The third-order valence-electron chi connectivity index (χ3n) is 3.21. The van der Waals surface area contributed by atoms with E-state index >= 15 is 0 Å². The Hall–Kier alpha value is -2.50. The van der Waals surface area contributed by atoms with Gasteiger partial charge in [-0.25, -0.2) is 4.79 Å². The Kier molecular flexibility index (Phi) is 8.39. The molecule has 1 amide bonds. The molecule has 1 rings (SSSR count). The van der Waals surface area contributed by atoms with Crippen molar-refractivity contribution in [2.24, 2.45) is 5.92 Å². The third kappa shape index (κ3) is 7.17. The van der Waals surface area contributed by atoms with Gasteiger partial charge >= 0.3 is 5.97 Å². The van der Waals surface area contributed by atoms with Crippen LogP contribution in [-0.4, -0.2) is 39.2 Å². The van der Waals surface area contributed by atoms with Crippen LogP contribution in [0.4, 0.5) is 0 Å². The Bertz CT molecular complexity index is 581. The van der Waals surface area contributed by atoms with Crippen LogP contribution in [0, 0.1) is 5.92 Å². The second-order valence-corrected chi connectivity index (χ2v) is 5.59. The number of benzene rings is 1. The van der Waals surface area contributed by atoms with Gasteiger partial charge in [0.15, 0.2) is 18.1 Å². The molecular formula is C18H25NO5. The number of methoxy groups -OCH3 is 2. The second kappa shape index (κ2) is 10.3. The van der Waals surface area contributed by atoms with Gasteiger partial charge in [-0.2, -0.15) is 0 Å². The predicted molar refractivity (Wildman–Crippen MR) is 92.0 cm³/mol. The van der Waals surface area contributed by atoms with E-state index in [9.17, 15) is 9.59 Å². The molecule has 1 aromatic carbocycles. The fourth-order valence-corrected chi connectivity index (χ4v) is 1.86. The molecule has 0 saturated heterocycles. The number of nitrogens with one attached hydrogen (secondary N) is 1. The maximum Gasteiger partial charge on any atom is 0.331 e. The van der Waals surface area contributed by atoms with Crippen LogP contribution in [0.3, 0.4) is 0 Å². The minimum absolute atomic E-state index is 0.285. The van der Waals surface area contributed by atoms with Gasteiger partial charge in [-0.3, -0.25) is 4.79 Å². The quantitative estimate of drug-likeness (QED) is 0.554. The molecule has 0 radical (unpaired) electrons. The van der Waals surface area contributed by atoms with Crippen molar-refractivity contribution in [1.82, 2.24) is 5.32 Å². The lowest BCUT2D eigenvalue weighted by atomic mass is 10.1. The van der Waals surface area contributed by atoms with E-state index in [0.717, 1.165) is 12.0 Å². The first-order valence-electron chi connectivity index (χ1n) is 7.79. The van der Waals surface area contributed by atoms with E-state index in [1.165, 1.54) is 13.2 Å². The highest BCUT2D eigenvalue weighted by Gasteiger charge is 2.06. The number of ether oxygens (including phenoxy) is 3. The molecule has 6 nitrogen and oxygen atoms in total. The van der Waals surface area contributed by atoms with E-state index in [0.29, 0.717) is 24.0 Å². The van der Waals surface area contributed by atoms with Crippen LogP contribution >= 0.6 is 0 Å². The summed E-state index contributed by atoms with van der Waals surface area (Å²) in [5.41, 5.74) is 0.756. The summed E-state index contributed by atoms with van der Waals surface area (Å²) in [6.45, 7) is 4.44. The number of amides is 1. The molecule has 1 aromatic rings. The molecule has 6 heteroatoms. The molecule has 0 fully saturated rings. The zero-order valence-electron chi connectivity index (χ0n) is 14.6. The van der Waals surface area contributed by atoms with Crippen molar-refractivity contribution < 1.29 is 23.8 Å². The van der Waals surface area contributed by atoms with Gasteiger partial charge in [-0.15, -0.1) is 0 Å². The van der Waals surface area contributed by atoms with Crippen molar-refractivity contribution in [3.05, 3.63) is 29.8 Å². The van der Waals surface area contributed by atoms with Crippen molar-refractivity contribution in [3.63, 3.8) is 0 Å². The summed E-state index contributed by atoms with van der Waals surface area (Å²) in [4.78, 5) is 23.1. The van der Waals surface area contributed by atoms with E-state index in [4.69, 9.17) is 14.2 Å². The van der Waals surface area contributed by atoms with Gasteiger partial charge < -0.3 is 19.5 Å². The highest BCUT2D eigenvalue weighted by Crippen LogP contribution is 2.27. The molecule has 132 valence electrons. The van der Waals surface area contributed by atoms with Crippen LogP contribution in [0.25, 0.3) is 6.08 Å². The third-order valence-corrected chi connectivity index (χ3v) is 3.21. The molecule has 0 aliphatic heterocycles. The van der Waals surface area contributed by atoms with Crippen molar-refractivity contribution >= 4 is 18.0 Å². The summed E-state index contributed by atoms with van der Waals surface area (Å²) < 4.78 is 15.2. The molecule has 0 saturated carbocycles. The van der Waals surface area contributed by atoms with Crippen LogP contribution in [0.5, 0.6) is 11.5 Å². The van der Waals surface area contributed by atoms with Crippen molar-refractivity contribution in [1.29, 1.82) is 0 Å². The van der Waals surface area contributed by atoms with Gasteiger partial charge in [0.25, 0.3) is 5.91 Å². The Morgan fingerprint density at radius 1 is 1.17 bits per heavy atom. The minimum atomic E-state index is -0.580. The van der Waals surface area contributed by atoms with E-state index in [2.05, 4.69) is 19.2 Å². The summed E-state index contributed by atoms with van der Waals surface area (Å²) in [5, 5.41) is 2.70. The largest absolute Gasteiger partial charge is 0.493 e. The van der Waals surface area contributed by atoms with Crippen LogP contribution in [0.15, 0.2) is 24.3 Å². The number of carbonyl (C=O) groups is 2. The molecule has 0 aliphatic carbocycles. The molecule has 0 bridgehead atoms. The van der Waals surface area contributed by atoms with Gasteiger partial charge in [-0.1, -0.05) is 19.9 Å². The normalized spacial score (nSPS) is 10.7. The highest BCUT2D eigenvalue weighted by atomic mass is 16.5. The van der Waals surface area contributed by atoms with Crippen molar-refractivity contribution in [2.45, 2.75) is 20.3 Å². The zero-order valence-corrected chi connectivity index (χ0v) is 14.6. The Labute approximate surface area is 142 Å². The summed E-state index contributed by atoms with van der Waals surface area (Å²) >= 11 is 0. The fourth-order valence-electron chi connectivity index (χ4n) is 1.86. The second-order valence-electron chi connectivity index (χ2n) is 5.59. The standard InChI is InChI=1S/C18H25NO5/c1-13(2)9-10-19-17(20)12-24-18(21)8-6-14-5-7-15(22-3)16(11-14)23-4/h5-8,11,13H,9-10,12H2,1-4H3,(H,19,20)/b8-6+. The SMILES string of the molecule is COc1ccc(/C=C/C(=O)OCC(=O)NCCC(C)C)cc1OC. The van der Waals surface area contributed by atoms with Crippen LogP contribution in [0.1, 0.15) is 25.8 Å². The maximum atomic E-state index is 11.6. The topological polar surface area (TPSA) is 73.9 Å². The van der Waals surface area contributed by atoms with E-state index in [1.54, 1.807) is 31.4 Å². The maximum absolute atomic E-state index is 11.6. The van der Waals surface area contributed by atoms with Crippen LogP contribution < -0.4 is 14.8 Å². The van der Waals surface area contributed by atoms with Gasteiger partial charge in [0.1, 0.15) is 0 Å². The van der Waals surface area contributed by atoms with Gasteiger partial charge in [0.2, 0.25) is 0 Å². The number of esters is 1. The number of rotatable bonds is 9. The van der Waals surface area contributed by atoms with Gasteiger partial charge in [0.05, 0.1) is 14.2 Å². The summed E-state index contributed by atoms with van der Waals surface area (Å²) in [7, 11) is 3.09. The van der Waals surface area contributed by atoms with E-state index in [1.807, 2.05) is 0 Å². The molecule has 0 unspecified atom stereocenters. The average Bonchev–Trinajstić information content (AvgIpc) is 2.57. The lowest BCUT2D eigenvalue weighted by Crippen LogP contribution is -2.29. The van der Waals surface area contributed by atoms with Gasteiger partial charge in [-0.05, 0) is 36.1 Å². The molecule has 1 N–H and O–H groups in total. The Balaban J connectivity index is 2.44. The highest BCUT2D eigenvalue weighted by molar-refractivity contribution is 5.89. The summed E-state index contributed by atoms with van der Waals surface area (Å²) in [6.07, 6.45) is 3.74. The summed E-state index contributed by atoms with van der Waals surface area (Å²) in [6, 6.07) is 5.26. The van der Waals surface area contributed by atoms with E-state index < -0.39 is 5.97 Å². The average molecular weight is 335 g/mol. The van der Waals surface area contributed by atoms with E-state index in [-0.39, 0.29) is 12.5 Å². The molecule has 24 heavy (non-hydrogen) atoms. The van der Waals surface area contributed by atoms with Gasteiger partial charge in [0, 0.05) is 12.6 Å².